The molecule has 2 saturated carbocycles. The Morgan fingerprint density at radius 2 is 2.11 bits per heavy atom. The summed E-state index contributed by atoms with van der Waals surface area (Å²) in [5.74, 6) is 3.62. The number of terminal acetylenes is 1. The van der Waals surface area contributed by atoms with Crippen LogP contribution in [-0.2, 0) is 4.74 Å². The van der Waals surface area contributed by atoms with Gasteiger partial charge in [0.05, 0.1) is 12.2 Å². The van der Waals surface area contributed by atoms with Crippen LogP contribution in [0.4, 0.5) is 0 Å². The quantitative estimate of drug-likeness (QED) is 0.534. The lowest BCUT2D eigenvalue weighted by atomic mass is 9.63. The summed E-state index contributed by atoms with van der Waals surface area (Å²) in [5.41, 5.74) is 1.48. The van der Waals surface area contributed by atoms with Gasteiger partial charge in [0.15, 0.2) is 0 Å². The lowest BCUT2D eigenvalue weighted by Gasteiger charge is -2.47. The van der Waals surface area contributed by atoms with Crippen LogP contribution in [0.3, 0.4) is 0 Å². The molecule has 18 heavy (non-hydrogen) atoms. The Hall–Kier alpha value is -0.740. The highest BCUT2D eigenvalue weighted by atomic mass is 16.5. The summed E-state index contributed by atoms with van der Waals surface area (Å²) in [6.07, 6.45) is 10.0. The van der Waals surface area contributed by atoms with E-state index in [0.717, 1.165) is 24.3 Å². The van der Waals surface area contributed by atoms with Gasteiger partial charge >= 0.3 is 0 Å². The average Bonchev–Trinajstić information content (AvgIpc) is 2.59. The molecule has 1 heteroatoms. The van der Waals surface area contributed by atoms with Crippen LogP contribution in [-0.4, -0.2) is 12.2 Å². The predicted molar refractivity (Wildman–Crippen MR) is 76.2 cm³/mol. The molecule has 3 atom stereocenters. The predicted octanol–water partition coefficient (Wildman–Crippen LogP) is 4.19. The van der Waals surface area contributed by atoms with Crippen LogP contribution in [0.5, 0.6) is 0 Å². The Labute approximate surface area is 112 Å². The minimum Gasteiger partial charge on any atom is -0.369 e. The van der Waals surface area contributed by atoms with Crippen molar-refractivity contribution in [3.05, 3.63) is 12.2 Å². The van der Waals surface area contributed by atoms with Gasteiger partial charge in [0, 0.05) is 11.8 Å². The molecule has 2 bridgehead atoms. The van der Waals surface area contributed by atoms with Gasteiger partial charge in [0.1, 0.15) is 0 Å². The molecule has 2 aliphatic carbocycles. The molecule has 100 valence electrons. The van der Waals surface area contributed by atoms with Crippen LogP contribution < -0.4 is 0 Å². The smallest absolute Gasteiger partial charge is 0.0856 e. The van der Waals surface area contributed by atoms with E-state index in [2.05, 4.69) is 33.3 Å². The number of hydrogen-bond acceptors (Lipinski definition) is 1. The van der Waals surface area contributed by atoms with E-state index in [1.807, 2.05) is 6.92 Å². The molecule has 1 nitrogen and oxygen atoms in total. The summed E-state index contributed by atoms with van der Waals surface area (Å²) < 4.78 is 6.32. The lowest BCUT2D eigenvalue weighted by Crippen LogP contribution is -2.49. The fraction of sp³-hybridized carbons (Fsp3) is 0.765. The Kier molecular flexibility index (Phi) is 3.14. The first kappa shape index (κ1) is 13.7. The van der Waals surface area contributed by atoms with Gasteiger partial charge in [-0.05, 0) is 37.5 Å². The van der Waals surface area contributed by atoms with E-state index in [9.17, 15) is 0 Å². The molecule has 0 radical (unpaired) electrons. The summed E-state index contributed by atoms with van der Waals surface area (Å²) in [6.45, 7) is 13.8. The maximum atomic E-state index is 6.32. The first-order valence-corrected chi connectivity index (χ1v) is 7.01. The van der Waals surface area contributed by atoms with Gasteiger partial charge in [0.25, 0.3) is 0 Å². The van der Waals surface area contributed by atoms with Crippen LogP contribution in [0.15, 0.2) is 12.2 Å². The van der Waals surface area contributed by atoms with Crippen LogP contribution in [0.25, 0.3) is 0 Å². The minimum atomic E-state index is -0.132. The third-order valence-corrected chi connectivity index (χ3v) is 6.00. The molecule has 0 saturated heterocycles. The summed E-state index contributed by atoms with van der Waals surface area (Å²) in [5, 5.41) is 0. The third-order valence-electron chi connectivity index (χ3n) is 6.00. The van der Waals surface area contributed by atoms with Gasteiger partial charge in [0.2, 0.25) is 0 Å². The first-order valence-electron chi connectivity index (χ1n) is 7.01. The zero-order valence-corrected chi connectivity index (χ0v) is 12.3. The Balaban J connectivity index is 2.33. The van der Waals surface area contributed by atoms with Gasteiger partial charge in [-0.3, -0.25) is 0 Å². The lowest BCUT2D eigenvalue weighted by molar-refractivity contribution is -0.128. The largest absolute Gasteiger partial charge is 0.369 e. The van der Waals surface area contributed by atoms with Gasteiger partial charge in [-0.1, -0.05) is 32.9 Å². The van der Waals surface area contributed by atoms with Crippen molar-refractivity contribution in [3.63, 3.8) is 0 Å². The van der Waals surface area contributed by atoms with Crippen molar-refractivity contribution in [2.45, 2.75) is 59.0 Å². The third kappa shape index (κ3) is 1.58. The molecule has 0 heterocycles. The van der Waals surface area contributed by atoms with Crippen LogP contribution in [0, 0.1) is 29.1 Å². The van der Waals surface area contributed by atoms with E-state index in [4.69, 9.17) is 11.2 Å². The summed E-state index contributed by atoms with van der Waals surface area (Å²) in [4.78, 5) is 0. The normalized spacial score (nSPS) is 40.7. The monoisotopic (exact) mass is 246 g/mol. The second-order valence-corrected chi connectivity index (χ2v) is 7.11. The molecule has 0 N–H and O–H groups in total. The molecular formula is C17H26O. The molecule has 0 aromatic rings. The molecule has 2 rings (SSSR count). The molecule has 0 unspecified atom stereocenters. The summed E-state index contributed by atoms with van der Waals surface area (Å²) in [7, 11) is 0. The van der Waals surface area contributed by atoms with E-state index in [-0.39, 0.29) is 11.0 Å². The van der Waals surface area contributed by atoms with Crippen molar-refractivity contribution in [2.75, 3.05) is 6.61 Å². The fourth-order valence-electron chi connectivity index (χ4n) is 4.35. The average molecular weight is 246 g/mol. The van der Waals surface area contributed by atoms with Crippen LogP contribution in [0.2, 0.25) is 0 Å². The second kappa shape index (κ2) is 4.14. The zero-order valence-electron chi connectivity index (χ0n) is 12.3. The molecule has 0 aromatic carbocycles. The van der Waals surface area contributed by atoms with Crippen LogP contribution in [0.1, 0.15) is 53.4 Å². The Bertz CT molecular complexity index is 400. The Morgan fingerprint density at radius 1 is 1.44 bits per heavy atom. The SMILES string of the molecule is C#CC[C@@]1(OCC(=C)C)C[C@H]2CC[C@]1(C)C2(C)C. The maximum Gasteiger partial charge on any atom is 0.0856 e. The van der Waals surface area contributed by atoms with Crippen molar-refractivity contribution in [3.8, 4) is 12.3 Å². The molecule has 2 fully saturated rings. The highest BCUT2D eigenvalue weighted by molar-refractivity contribution is 5.21. The van der Waals surface area contributed by atoms with Crippen molar-refractivity contribution < 1.29 is 4.74 Å². The minimum absolute atomic E-state index is 0.132. The van der Waals surface area contributed by atoms with Gasteiger partial charge in [-0.25, -0.2) is 0 Å². The van der Waals surface area contributed by atoms with E-state index >= 15 is 0 Å². The van der Waals surface area contributed by atoms with Gasteiger partial charge in [-0.15, -0.1) is 12.3 Å². The van der Waals surface area contributed by atoms with Crippen molar-refractivity contribution in [2.24, 2.45) is 16.7 Å². The van der Waals surface area contributed by atoms with Gasteiger partial charge < -0.3 is 4.74 Å². The van der Waals surface area contributed by atoms with Crippen molar-refractivity contribution in [1.29, 1.82) is 0 Å². The number of rotatable bonds is 4. The van der Waals surface area contributed by atoms with E-state index < -0.39 is 0 Å². The van der Waals surface area contributed by atoms with E-state index in [1.165, 1.54) is 12.8 Å². The van der Waals surface area contributed by atoms with Crippen molar-refractivity contribution in [1.82, 2.24) is 0 Å². The molecule has 0 amide bonds. The second-order valence-electron chi connectivity index (χ2n) is 7.11. The standard InChI is InChI=1S/C17H26O/c1-7-9-17(18-12-13(2)3)11-14-8-10-16(17,6)15(14,4)5/h1,14H,2,8-12H2,3-6H3/t14-,16-,17-/m1/s1. The highest BCUT2D eigenvalue weighted by Crippen LogP contribution is 2.71. The molecule has 2 aliphatic rings. The summed E-state index contributed by atoms with van der Waals surface area (Å²) in [6, 6.07) is 0. The number of hydrogen-bond donors (Lipinski definition) is 0. The van der Waals surface area contributed by atoms with Crippen LogP contribution >= 0.6 is 0 Å². The zero-order chi connectivity index (χ0) is 13.6. The molecule has 0 spiro atoms. The van der Waals surface area contributed by atoms with Gasteiger partial charge in [-0.2, -0.15) is 0 Å². The Morgan fingerprint density at radius 3 is 2.50 bits per heavy atom. The topological polar surface area (TPSA) is 9.23 Å². The maximum absolute atomic E-state index is 6.32. The number of fused-ring (bicyclic) bond motifs is 2. The first-order chi connectivity index (χ1) is 8.29. The molecular weight excluding hydrogens is 220 g/mol. The van der Waals surface area contributed by atoms with E-state index in [0.29, 0.717) is 12.0 Å². The summed E-state index contributed by atoms with van der Waals surface area (Å²) >= 11 is 0. The number of ether oxygens (including phenoxy) is 1. The molecule has 0 aliphatic heterocycles. The van der Waals surface area contributed by atoms with E-state index in [1.54, 1.807) is 0 Å². The fourth-order valence-corrected chi connectivity index (χ4v) is 4.35. The highest BCUT2D eigenvalue weighted by Gasteiger charge is 2.69. The van der Waals surface area contributed by atoms with Crippen molar-refractivity contribution >= 4 is 0 Å². The molecule has 0 aromatic heterocycles.